The number of furan rings is 1. The number of methoxy groups -OCH3 is 1. The van der Waals surface area contributed by atoms with Gasteiger partial charge in [0.15, 0.2) is 10.9 Å². The predicted molar refractivity (Wildman–Crippen MR) is 108 cm³/mol. The van der Waals surface area contributed by atoms with Crippen LogP contribution in [0.3, 0.4) is 0 Å². The maximum atomic E-state index is 13.0. The van der Waals surface area contributed by atoms with Gasteiger partial charge in [-0.3, -0.25) is 14.6 Å². The zero-order valence-corrected chi connectivity index (χ0v) is 16.6. The van der Waals surface area contributed by atoms with Crippen LogP contribution in [0.1, 0.15) is 17.0 Å². The number of morpholine rings is 1. The van der Waals surface area contributed by atoms with Crippen LogP contribution in [-0.2, 0) is 4.74 Å². The molecule has 148 valence electrons. The molecule has 4 rings (SSSR count). The topological polar surface area (TPSA) is 68.0 Å². The number of anilines is 1. The van der Waals surface area contributed by atoms with Crippen LogP contribution in [0, 0.1) is 0 Å². The van der Waals surface area contributed by atoms with Crippen molar-refractivity contribution in [1.82, 2.24) is 9.88 Å². The molecule has 1 fully saturated rings. The quantitative estimate of drug-likeness (QED) is 0.605. The molecule has 1 aliphatic rings. The first-order valence-corrected chi connectivity index (χ1v) is 10.2. The minimum Gasteiger partial charge on any atom is -0.497 e. The third-order valence-electron chi connectivity index (χ3n) is 4.75. The molecule has 0 aliphatic carbocycles. The van der Waals surface area contributed by atoms with Gasteiger partial charge >= 0.3 is 0 Å². The van der Waals surface area contributed by atoms with E-state index in [1.165, 1.54) is 17.6 Å². The van der Waals surface area contributed by atoms with Gasteiger partial charge in [-0.25, -0.2) is 4.98 Å². The van der Waals surface area contributed by atoms with Crippen molar-refractivity contribution in [2.45, 2.75) is 6.42 Å². The molecule has 1 aromatic carbocycles. The molecule has 7 nitrogen and oxygen atoms in total. The van der Waals surface area contributed by atoms with Crippen LogP contribution in [0.25, 0.3) is 10.2 Å². The van der Waals surface area contributed by atoms with E-state index >= 15 is 0 Å². The second-order valence-electron chi connectivity index (χ2n) is 6.57. The van der Waals surface area contributed by atoms with Gasteiger partial charge in [0.2, 0.25) is 0 Å². The first-order valence-electron chi connectivity index (χ1n) is 9.34. The van der Waals surface area contributed by atoms with E-state index in [2.05, 4.69) is 9.88 Å². The number of ether oxygens (including phenoxy) is 2. The smallest absolute Gasteiger partial charge is 0.295 e. The van der Waals surface area contributed by atoms with Gasteiger partial charge in [0.1, 0.15) is 5.75 Å². The second-order valence-corrected chi connectivity index (χ2v) is 7.58. The highest BCUT2D eigenvalue weighted by Crippen LogP contribution is 2.32. The fourth-order valence-electron chi connectivity index (χ4n) is 3.23. The number of nitrogens with zero attached hydrogens (tertiary/aromatic N) is 3. The zero-order chi connectivity index (χ0) is 19.3. The summed E-state index contributed by atoms with van der Waals surface area (Å²) >= 11 is 1.50. The second kappa shape index (κ2) is 8.72. The third-order valence-corrected chi connectivity index (χ3v) is 5.81. The molecule has 0 radical (unpaired) electrons. The Morgan fingerprint density at radius 3 is 2.93 bits per heavy atom. The Morgan fingerprint density at radius 1 is 1.32 bits per heavy atom. The lowest BCUT2D eigenvalue weighted by Crippen LogP contribution is -2.39. The van der Waals surface area contributed by atoms with Crippen molar-refractivity contribution < 1.29 is 18.7 Å². The molecule has 0 atom stereocenters. The molecule has 28 heavy (non-hydrogen) atoms. The summed E-state index contributed by atoms with van der Waals surface area (Å²) in [5.41, 5.74) is 0.824. The summed E-state index contributed by atoms with van der Waals surface area (Å²) in [7, 11) is 1.63. The van der Waals surface area contributed by atoms with Gasteiger partial charge in [0, 0.05) is 32.2 Å². The van der Waals surface area contributed by atoms with E-state index in [1.54, 1.807) is 24.1 Å². The van der Waals surface area contributed by atoms with Crippen LogP contribution >= 0.6 is 11.3 Å². The number of carbonyl (C=O) groups is 1. The lowest BCUT2D eigenvalue weighted by atomic mass is 10.3. The Bertz CT molecular complexity index is 919. The monoisotopic (exact) mass is 401 g/mol. The normalized spacial score (nSPS) is 15.0. The van der Waals surface area contributed by atoms with Gasteiger partial charge in [-0.05, 0) is 30.7 Å². The number of fused-ring (bicyclic) bond motifs is 1. The van der Waals surface area contributed by atoms with Crippen LogP contribution in [0.2, 0.25) is 0 Å². The summed E-state index contributed by atoms with van der Waals surface area (Å²) in [4.78, 5) is 21.8. The highest BCUT2D eigenvalue weighted by atomic mass is 32.1. The summed E-state index contributed by atoms with van der Waals surface area (Å²) in [6.45, 7) is 4.92. The van der Waals surface area contributed by atoms with Crippen molar-refractivity contribution in [2.24, 2.45) is 0 Å². The van der Waals surface area contributed by atoms with E-state index in [4.69, 9.17) is 13.9 Å². The van der Waals surface area contributed by atoms with Crippen LogP contribution in [-0.4, -0.2) is 62.3 Å². The molecule has 8 heteroatoms. The zero-order valence-electron chi connectivity index (χ0n) is 15.8. The summed E-state index contributed by atoms with van der Waals surface area (Å²) in [5.74, 6) is 0.904. The van der Waals surface area contributed by atoms with E-state index in [-0.39, 0.29) is 5.91 Å². The first kappa shape index (κ1) is 18.9. The molecule has 3 aromatic rings. The Labute approximate surface area is 167 Å². The predicted octanol–water partition coefficient (Wildman–Crippen LogP) is 3.27. The Balaban J connectivity index is 1.54. The molecule has 0 unspecified atom stereocenters. The molecule has 1 saturated heterocycles. The van der Waals surface area contributed by atoms with Crippen molar-refractivity contribution in [2.75, 3.05) is 51.4 Å². The minimum absolute atomic E-state index is 0.169. The molecule has 2 aromatic heterocycles. The fourth-order valence-corrected chi connectivity index (χ4v) is 4.20. The number of hydrogen-bond acceptors (Lipinski definition) is 7. The van der Waals surface area contributed by atoms with Crippen LogP contribution in [0.15, 0.2) is 41.0 Å². The van der Waals surface area contributed by atoms with Crippen molar-refractivity contribution in [3.8, 4) is 5.75 Å². The molecule has 0 bridgehead atoms. The molecular formula is C20H23N3O4S. The highest BCUT2D eigenvalue weighted by Gasteiger charge is 2.23. The lowest BCUT2D eigenvalue weighted by Gasteiger charge is -2.27. The SMILES string of the molecule is COc1ccc2sc(N(CCCN3CCOCC3)C(=O)c3ccco3)nc2c1. The van der Waals surface area contributed by atoms with Gasteiger partial charge < -0.3 is 13.9 Å². The molecule has 0 saturated carbocycles. The average Bonchev–Trinajstić information content (AvgIpc) is 3.40. The van der Waals surface area contributed by atoms with Gasteiger partial charge in [-0.15, -0.1) is 0 Å². The van der Waals surface area contributed by atoms with Crippen LogP contribution in [0.4, 0.5) is 5.13 Å². The average molecular weight is 401 g/mol. The van der Waals surface area contributed by atoms with E-state index in [1.807, 2.05) is 18.2 Å². The van der Waals surface area contributed by atoms with E-state index < -0.39 is 0 Å². The van der Waals surface area contributed by atoms with Crippen molar-refractivity contribution in [1.29, 1.82) is 0 Å². The minimum atomic E-state index is -0.169. The Hall–Kier alpha value is -2.42. The molecule has 0 N–H and O–H groups in total. The van der Waals surface area contributed by atoms with Crippen LogP contribution < -0.4 is 9.64 Å². The van der Waals surface area contributed by atoms with Gasteiger partial charge in [0.05, 0.1) is 36.8 Å². The fraction of sp³-hybridized carbons (Fsp3) is 0.400. The van der Waals surface area contributed by atoms with E-state index in [0.29, 0.717) is 17.4 Å². The highest BCUT2D eigenvalue weighted by molar-refractivity contribution is 7.22. The lowest BCUT2D eigenvalue weighted by molar-refractivity contribution is 0.0376. The number of benzene rings is 1. The van der Waals surface area contributed by atoms with Crippen LogP contribution in [0.5, 0.6) is 5.75 Å². The largest absolute Gasteiger partial charge is 0.497 e. The van der Waals surface area contributed by atoms with Gasteiger partial charge in [0.25, 0.3) is 5.91 Å². The van der Waals surface area contributed by atoms with E-state index in [9.17, 15) is 4.79 Å². The number of carbonyl (C=O) groups excluding carboxylic acids is 1. The van der Waals surface area contributed by atoms with E-state index in [0.717, 1.165) is 55.2 Å². The Morgan fingerprint density at radius 2 is 2.18 bits per heavy atom. The summed E-state index contributed by atoms with van der Waals surface area (Å²) in [6, 6.07) is 9.18. The molecule has 1 amide bonds. The summed E-state index contributed by atoms with van der Waals surface area (Å²) in [6.07, 6.45) is 2.37. The molecule has 3 heterocycles. The van der Waals surface area contributed by atoms with Crippen molar-refractivity contribution >= 4 is 32.6 Å². The maximum Gasteiger partial charge on any atom is 0.295 e. The van der Waals surface area contributed by atoms with Gasteiger partial charge in [-0.2, -0.15) is 0 Å². The molecular weight excluding hydrogens is 378 g/mol. The van der Waals surface area contributed by atoms with Crippen molar-refractivity contribution in [3.05, 3.63) is 42.4 Å². The standard InChI is InChI=1S/C20H23N3O4S/c1-25-15-5-6-18-16(14-15)21-20(28-18)23(19(24)17-4-2-11-27-17)8-3-7-22-9-12-26-13-10-22/h2,4-6,11,14H,3,7-10,12-13H2,1H3. The maximum absolute atomic E-state index is 13.0. The number of amides is 1. The number of aromatic nitrogens is 1. The Kier molecular flexibility index (Phi) is 5.90. The molecule has 1 aliphatic heterocycles. The van der Waals surface area contributed by atoms with Gasteiger partial charge in [-0.1, -0.05) is 11.3 Å². The third kappa shape index (κ3) is 4.19. The summed E-state index contributed by atoms with van der Waals surface area (Å²) in [5, 5.41) is 0.673. The number of hydrogen-bond donors (Lipinski definition) is 0. The number of rotatable bonds is 7. The number of thiazole rings is 1. The van der Waals surface area contributed by atoms with Crippen molar-refractivity contribution in [3.63, 3.8) is 0 Å². The first-order chi connectivity index (χ1) is 13.7. The molecule has 0 spiro atoms. The summed E-state index contributed by atoms with van der Waals surface area (Å²) < 4.78 is 17.0.